The predicted octanol–water partition coefficient (Wildman–Crippen LogP) is 3.47. The molecule has 2 heterocycles. The van der Waals surface area contributed by atoms with Gasteiger partial charge < -0.3 is 0 Å². The van der Waals surface area contributed by atoms with E-state index < -0.39 is 0 Å². The quantitative estimate of drug-likeness (QED) is 0.667. The topological polar surface area (TPSA) is 48.1 Å². The molecule has 2 saturated heterocycles. The predicted molar refractivity (Wildman–Crippen MR) is 106 cm³/mol. The molecule has 26 heavy (non-hydrogen) atoms. The molecule has 0 aliphatic carbocycles. The van der Waals surface area contributed by atoms with Crippen molar-refractivity contribution in [1.82, 2.24) is 21.7 Å². The maximum Gasteiger partial charge on any atom is 0.0506 e. The molecule has 2 aliphatic heterocycles. The Morgan fingerprint density at radius 2 is 0.962 bits per heavy atom. The normalized spacial score (nSPS) is 34.2. The Morgan fingerprint density at radius 1 is 0.577 bits per heavy atom. The molecule has 6 unspecified atom stereocenters. The van der Waals surface area contributed by atoms with Crippen LogP contribution in [0.4, 0.5) is 0 Å². The Bertz CT molecular complexity index is 628. The molecule has 2 aromatic rings. The summed E-state index contributed by atoms with van der Waals surface area (Å²) in [5.74, 6) is 1.11. The van der Waals surface area contributed by atoms with Gasteiger partial charge in [0.1, 0.15) is 0 Å². The molecule has 138 valence electrons. The van der Waals surface area contributed by atoms with Crippen LogP contribution in [0.2, 0.25) is 0 Å². The molecule has 0 saturated carbocycles. The van der Waals surface area contributed by atoms with Crippen molar-refractivity contribution < 1.29 is 0 Å². The van der Waals surface area contributed by atoms with Crippen molar-refractivity contribution in [3.63, 3.8) is 0 Å². The summed E-state index contributed by atoms with van der Waals surface area (Å²) in [5.41, 5.74) is 17.2. The van der Waals surface area contributed by atoms with Crippen LogP contribution in [-0.2, 0) is 0 Å². The minimum absolute atomic E-state index is 0.362. The van der Waals surface area contributed by atoms with Crippen LogP contribution in [0.1, 0.15) is 49.9 Å². The Kier molecular flexibility index (Phi) is 5.36. The molecule has 4 rings (SSSR count). The molecule has 0 amide bonds. The van der Waals surface area contributed by atoms with Gasteiger partial charge in [-0.2, -0.15) is 0 Å². The van der Waals surface area contributed by atoms with Crippen molar-refractivity contribution in [2.24, 2.45) is 11.8 Å². The fraction of sp³-hybridized carbons (Fsp3) is 0.455. The van der Waals surface area contributed by atoms with E-state index >= 15 is 0 Å². The first kappa shape index (κ1) is 17.7. The van der Waals surface area contributed by atoms with Gasteiger partial charge in [0.2, 0.25) is 0 Å². The molecular formula is C22H30N4. The van der Waals surface area contributed by atoms with E-state index in [-0.39, 0.29) is 0 Å². The highest BCUT2D eigenvalue weighted by Gasteiger charge is 2.46. The molecule has 2 aliphatic rings. The molecule has 0 spiro atoms. The van der Waals surface area contributed by atoms with Gasteiger partial charge in [-0.15, -0.1) is 0 Å². The van der Waals surface area contributed by atoms with E-state index in [1.165, 1.54) is 11.1 Å². The van der Waals surface area contributed by atoms with E-state index in [1.807, 2.05) is 0 Å². The molecule has 4 heteroatoms. The van der Waals surface area contributed by atoms with Crippen molar-refractivity contribution >= 4 is 0 Å². The lowest BCUT2D eigenvalue weighted by Crippen LogP contribution is -2.50. The van der Waals surface area contributed by atoms with E-state index in [0.717, 1.165) is 12.8 Å². The number of nitrogens with one attached hydrogen (secondary N) is 4. The number of hydrogen-bond acceptors (Lipinski definition) is 4. The summed E-state index contributed by atoms with van der Waals surface area (Å²) in [6.07, 6.45) is 2.30. The third-order valence-corrected chi connectivity index (χ3v) is 6.24. The monoisotopic (exact) mass is 350 g/mol. The van der Waals surface area contributed by atoms with E-state index in [4.69, 9.17) is 0 Å². The minimum Gasteiger partial charge on any atom is -0.252 e. The van der Waals surface area contributed by atoms with Crippen LogP contribution in [0.5, 0.6) is 0 Å². The third kappa shape index (κ3) is 3.19. The summed E-state index contributed by atoms with van der Waals surface area (Å²) in [6, 6.07) is 23.1. The van der Waals surface area contributed by atoms with Gasteiger partial charge >= 0.3 is 0 Å². The maximum atomic E-state index is 3.63. The Labute approximate surface area is 156 Å². The Balaban J connectivity index is 1.55. The molecule has 0 radical (unpaired) electrons. The highest BCUT2D eigenvalue weighted by atomic mass is 15.5. The molecule has 0 aromatic heterocycles. The lowest BCUT2D eigenvalue weighted by atomic mass is 9.77. The average Bonchev–Trinajstić information content (AvgIpc) is 3.32. The molecule has 2 fully saturated rings. The smallest absolute Gasteiger partial charge is 0.0506 e. The van der Waals surface area contributed by atoms with E-state index in [9.17, 15) is 0 Å². The summed E-state index contributed by atoms with van der Waals surface area (Å²) in [6.45, 7) is 4.61. The lowest BCUT2D eigenvalue weighted by molar-refractivity contribution is 0.276. The number of rotatable bonds is 5. The summed E-state index contributed by atoms with van der Waals surface area (Å²) < 4.78 is 0. The molecular weight excluding hydrogens is 320 g/mol. The van der Waals surface area contributed by atoms with Crippen LogP contribution in [-0.4, -0.2) is 12.1 Å². The standard InChI is InChI=1S/C22H30N4/c1-3-17-19(15-11-7-5-8-12-15)23-25-21(17)22-18(4-2)20(24-26-22)16-13-9-6-10-14-16/h5-14,17-26H,3-4H2,1-2H3. The summed E-state index contributed by atoms with van der Waals surface area (Å²) in [7, 11) is 0. The number of hydrogen-bond donors (Lipinski definition) is 4. The fourth-order valence-electron chi connectivity index (χ4n) is 4.89. The minimum atomic E-state index is 0.362. The zero-order valence-corrected chi connectivity index (χ0v) is 15.7. The van der Waals surface area contributed by atoms with Crippen molar-refractivity contribution in [1.29, 1.82) is 0 Å². The summed E-state index contributed by atoms with van der Waals surface area (Å²) in [4.78, 5) is 0. The van der Waals surface area contributed by atoms with Crippen LogP contribution in [0, 0.1) is 11.8 Å². The highest BCUT2D eigenvalue weighted by molar-refractivity contribution is 5.24. The van der Waals surface area contributed by atoms with E-state index in [2.05, 4.69) is 96.2 Å². The molecule has 6 atom stereocenters. The average molecular weight is 351 g/mol. The van der Waals surface area contributed by atoms with Gasteiger partial charge in [-0.25, -0.2) is 10.9 Å². The third-order valence-electron chi connectivity index (χ3n) is 6.24. The molecule has 4 nitrogen and oxygen atoms in total. The number of hydrazine groups is 2. The largest absolute Gasteiger partial charge is 0.252 e. The van der Waals surface area contributed by atoms with Gasteiger partial charge in [0.15, 0.2) is 0 Å². The summed E-state index contributed by atoms with van der Waals surface area (Å²) >= 11 is 0. The lowest BCUT2D eigenvalue weighted by Gasteiger charge is -2.30. The fourth-order valence-corrected chi connectivity index (χ4v) is 4.89. The second kappa shape index (κ2) is 7.89. The van der Waals surface area contributed by atoms with Gasteiger partial charge in [-0.1, -0.05) is 74.5 Å². The van der Waals surface area contributed by atoms with Gasteiger partial charge in [0.25, 0.3) is 0 Å². The van der Waals surface area contributed by atoms with E-state index in [0.29, 0.717) is 36.0 Å². The number of benzene rings is 2. The maximum absolute atomic E-state index is 3.63. The van der Waals surface area contributed by atoms with Gasteiger partial charge in [-0.3, -0.25) is 10.9 Å². The first-order valence-electron chi connectivity index (χ1n) is 9.95. The van der Waals surface area contributed by atoms with Crippen LogP contribution in [0.15, 0.2) is 60.7 Å². The highest BCUT2D eigenvalue weighted by Crippen LogP contribution is 2.39. The first-order chi connectivity index (χ1) is 12.8. The molecule has 2 aromatic carbocycles. The van der Waals surface area contributed by atoms with Gasteiger partial charge in [0.05, 0.1) is 12.1 Å². The van der Waals surface area contributed by atoms with Crippen LogP contribution < -0.4 is 21.7 Å². The second-order valence-corrected chi connectivity index (χ2v) is 7.55. The van der Waals surface area contributed by atoms with Gasteiger partial charge in [-0.05, 0) is 35.8 Å². The van der Waals surface area contributed by atoms with Crippen molar-refractivity contribution in [2.45, 2.75) is 50.9 Å². The first-order valence-corrected chi connectivity index (χ1v) is 9.95. The van der Waals surface area contributed by atoms with Crippen LogP contribution in [0.25, 0.3) is 0 Å². The van der Waals surface area contributed by atoms with Crippen LogP contribution >= 0.6 is 0 Å². The van der Waals surface area contributed by atoms with Crippen molar-refractivity contribution in [3.8, 4) is 0 Å². The zero-order chi connectivity index (χ0) is 17.9. The Morgan fingerprint density at radius 3 is 1.31 bits per heavy atom. The zero-order valence-electron chi connectivity index (χ0n) is 15.7. The van der Waals surface area contributed by atoms with E-state index in [1.54, 1.807) is 0 Å². The second-order valence-electron chi connectivity index (χ2n) is 7.55. The molecule has 0 bridgehead atoms. The SMILES string of the molecule is CCC1C(c2ccccc2)NNC1C1NNC(c2ccccc2)C1CC. The van der Waals surface area contributed by atoms with Crippen LogP contribution in [0.3, 0.4) is 0 Å². The Hall–Kier alpha value is -1.72. The van der Waals surface area contributed by atoms with Crippen molar-refractivity contribution in [2.75, 3.05) is 0 Å². The van der Waals surface area contributed by atoms with Gasteiger partial charge in [0, 0.05) is 12.1 Å². The molecule has 4 N–H and O–H groups in total. The summed E-state index contributed by atoms with van der Waals surface area (Å²) in [5, 5.41) is 0. The van der Waals surface area contributed by atoms with Crippen molar-refractivity contribution in [3.05, 3.63) is 71.8 Å².